The van der Waals surface area contributed by atoms with Gasteiger partial charge in [-0.05, 0) is 24.6 Å². The molecule has 21 heavy (non-hydrogen) atoms. The van der Waals surface area contributed by atoms with Gasteiger partial charge in [-0.2, -0.15) is 0 Å². The Morgan fingerprint density at radius 3 is 2.95 bits per heavy atom. The van der Waals surface area contributed by atoms with Crippen LogP contribution in [0.15, 0.2) is 24.3 Å². The van der Waals surface area contributed by atoms with Crippen LogP contribution in [-0.2, 0) is 9.53 Å². The van der Waals surface area contributed by atoms with E-state index in [0.29, 0.717) is 18.2 Å². The van der Waals surface area contributed by atoms with E-state index in [9.17, 15) is 4.79 Å². The number of rotatable bonds is 4. The molecule has 0 spiro atoms. The Balaban J connectivity index is 1.98. The van der Waals surface area contributed by atoms with Crippen molar-refractivity contribution in [2.24, 2.45) is 0 Å². The second kappa shape index (κ2) is 7.46. The summed E-state index contributed by atoms with van der Waals surface area (Å²) in [6.07, 6.45) is 5.11. The first-order valence-corrected chi connectivity index (χ1v) is 7.32. The maximum atomic E-state index is 12.0. The van der Waals surface area contributed by atoms with Gasteiger partial charge in [-0.25, -0.2) is 0 Å². The zero-order chi connectivity index (χ0) is 15.2. The molecule has 0 bridgehead atoms. The monoisotopic (exact) mass is 306 g/mol. The molecule has 0 aromatic heterocycles. The Bertz CT molecular complexity index is 524. The van der Waals surface area contributed by atoms with Crippen LogP contribution in [0.4, 0.5) is 0 Å². The lowest BCUT2D eigenvalue weighted by Gasteiger charge is -2.36. The van der Waals surface area contributed by atoms with Crippen molar-refractivity contribution in [2.45, 2.75) is 19.1 Å². The normalized spacial score (nSPS) is 20.5. The number of terminal acetylenes is 1. The number of amides is 1. The molecule has 0 saturated carbocycles. The molecular formula is C16H19ClN2O2. The molecule has 1 aliphatic heterocycles. The van der Waals surface area contributed by atoms with Crippen LogP contribution in [0.25, 0.3) is 0 Å². The summed E-state index contributed by atoms with van der Waals surface area (Å²) in [4.78, 5) is 14.1. The van der Waals surface area contributed by atoms with Gasteiger partial charge in [0.1, 0.15) is 0 Å². The van der Waals surface area contributed by atoms with E-state index in [4.69, 9.17) is 22.8 Å². The number of hydrogen-bond acceptors (Lipinski definition) is 3. The standard InChI is InChI=1S/C16H19ClN2O2/c1-3-8-18-16(20)12(2)19-9-10-21-15(11-19)13-4-6-14(17)7-5-13/h1,4-7,12,15H,8-11H2,2H3,(H,18,20). The highest BCUT2D eigenvalue weighted by atomic mass is 35.5. The molecule has 1 aromatic carbocycles. The number of ether oxygens (including phenoxy) is 1. The van der Waals surface area contributed by atoms with E-state index in [0.717, 1.165) is 12.1 Å². The van der Waals surface area contributed by atoms with E-state index in [2.05, 4.69) is 16.1 Å². The van der Waals surface area contributed by atoms with Gasteiger partial charge in [0, 0.05) is 18.1 Å². The summed E-state index contributed by atoms with van der Waals surface area (Å²) in [6.45, 7) is 4.14. The molecule has 1 amide bonds. The van der Waals surface area contributed by atoms with Crippen molar-refractivity contribution < 1.29 is 9.53 Å². The Labute approximate surface area is 130 Å². The van der Waals surface area contributed by atoms with E-state index in [1.807, 2.05) is 31.2 Å². The Hall–Kier alpha value is -1.54. The van der Waals surface area contributed by atoms with Crippen LogP contribution in [-0.4, -0.2) is 43.1 Å². The van der Waals surface area contributed by atoms with Crippen molar-refractivity contribution in [1.82, 2.24) is 10.2 Å². The summed E-state index contributed by atoms with van der Waals surface area (Å²) in [6, 6.07) is 7.39. The highest BCUT2D eigenvalue weighted by molar-refractivity contribution is 6.30. The summed E-state index contributed by atoms with van der Waals surface area (Å²) in [5.74, 6) is 2.36. The first-order valence-electron chi connectivity index (χ1n) is 6.94. The van der Waals surface area contributed by atoms with Gasteiger partial charge in [-0.3, -0.25) is 9.69 Å². The van der Waals surface area contributed by atoms with Crippen molar-refractivity contribution in [3.05, 3.63) is 34.9 Å². The van der Waals surface area contributed by atoms with Crippen molar-refractivity contribution in [1.29, 1.82) is 0 Å². The lowest BCUT2D eigenvalue weighted by Crippen LogP contribution is -2.50. The van der Waals surface area contributed by atoms with Gasteiger partial charge in [0.2, 0.25) is 5.91 Å². The van der Waals surface area contributed by atoms with Crippen LogP contribution < -0.4 is 5.32 Å². The topological polar surface area (TPSA) is 41.6 Å². The number of nitrogens with zero attached hydrogens (tertiary/aromatic N) is 1. The van der Waals surface area contributed by atoms with Gasteiger partial charge in [0.05, 0.1) is 25.3 Å². The molecule has 0 radical (unpaired) electrons. The van der Waals surface area contributed by atoms with Gasteiger partial charge in [-0.15, -0.1) is 6.42 Å². The van der Waals surface area contributed by atoms with Gasteiger partial charge < -0.3 is 10.1 Å². The van der Waals surface area contributed by atoms with Crippen molar-refractivity contribution in [3.8, 4) is 12.3 Å². The highest BCUT2D eigenvalue weighted by Crippen LogP contribution is 2.24. The van der Waals surface area contributed by atoms with E-state index < -0.39 is 0 Å². The van der Waals surface area contributed by atoms with Gasteiger partial charge in [0.15, 0.2) is 0 Å². The third kappa shape index (κ3) is 4.21. The van der Waals surface area contributed by atoms with Crippen molar-refractivity contribution >= 4 is 17.5 Å². The highest BCUT2D eigenvalue weighted by Gasteiger charge is 2.28. The predicted molar refractivity (Wildman–Crippen MR) is 83.0 cm³/mol. The van der Waals surface area contributed by atoms with Crippen LogP contribution >= 0.6 is 11.6 Å². The van der Waals surface area contributed by atoms with Crippen LogP contribution in [0.3, 0.4) is 0 Å². The fraction of sp³-hybridized carbons (Fsp3) is 0.438. The minimum atomic E-state index is -0.225. The lowest BCUT2D eigenvalue weighted by molar-refractivity contribution is -0.129. The average Bonchev–Trinajstić information content (AvgIpc) is 2.52. The third-order valence-electron chi connectivity index (χ3n) is 3.63. The average molecular weight is 307 g/mol. The molecule has 1 heterocycles. The number of hydrogen-bond donors (Lipinski definition) is 1. The number of benzene rings is 1. The van der Waals surface area contributed by atoms with Gasteiger partial charge >= 0.3 is 0 Å². The maximum absolute atomic E-state index is 12.0. The number of halogens is 1. The van der Waals surface area contributed by atoms with E-state index in [1.54, 1.807) is 0 Å². The molecule has 5 heteroatoms. The Morgan fingerprint density at radius 2 is 2.29 bits per heavy atom. The second-order valence-electron chi connectivity index (χ2n) is 5.00. The summed E-state index contributed by atoms with van der Waals surface area (Å²) < 4.78 is 5.80. The van der Waals surface area contributed by atoms with Crippen molar-refractivity contribution in [2.75, 3.05) is 26.2 Å². The quantitative estimate of drug-likeness (QED) is 0.863. The Morgan fingerprint density at radius 1 is 1.57 bits per heavy atom. The smallest absolute Gasteiger partial charge is 0.237 e. The molecule has 1 saturated heterocycles. The van der Waals surface area contributed by atoms with Crippen LogP contribution in [0, 0.1) is 12.3 Å². The molecule has 0 aliphatic carbocycles. The summed E-state index contributed by atoms with van der Waals surface area (Å²) in [5, 5.41) is 3.42. The van der Waals surface area contributed by atoms with E-state index in [1.165, 1.54) is 0 Å². The molecule has 1 N–H and O–H groups in total. The molecule has 4 nitrogen and oxygen atoms in total. The number of morpholine rings is 1. The largest absolute Gasteiger partial charge is 0.371 e. The summed E-state index contributed by atoms with van der Waals surface area (Å²) in [7, 11) is 0. The van der Waals surface area contributed by atoms with Crippen LogP contribution in [0.2, 0.25) is 5.02 Å². The van der Waals surface area contributed by atoms with Gasteiger partial charge in [-0.1, -0.05) is 29.7 Å². The molecule has 1 aliphatic rings. The molecule has 2 rings (SSSR count). The first kappa shape index (κ1) is 15.8. The first-order chi connectivity index (χ1) is 10.1. The third-order valence-corrected chi connectivity index (χ3v) is 3.88. The fourth-order valence-corrected chi connectivity index (χ4v) is 2.48. The van der Waals surface area contributed by atoms with E-state index in [-0.39, 0.29) is 24.6 Å². The molecule has 1 fully saturated rings. The zero-order valence-electron chi connectivity index (χ0n) is 12.0. The number of nitrogens with one attached hydrogen (secondary N) is 1. The molecular weight excluding hydrogens is 288 g/mol. The minimum absolute atomic E-state index is 0.0427. The molecule has 2 unspecified atom stereocenters. The summed E-state index contributed by atoms with van der Waals surface area (Å²) >= 11 is 5.90. The molecule has 1 aromatic rings. The van der Waals surface area contributed by atoms with Gasteiger partial charge in [0.25, 0.3) is 0 Å². The van der Waals surface area contributed by atoms with Crippen LogP contribution in [0.5, 0.6) is 0 Å². The minimum Gasteiger partial charge on any atom is -0.371 e. The summed E-state index contributed by atoms with van der Waals surface area (Å²) in [5.41, 5.74) is 1.07. The van der Waals surface area contributed by atoms with Crippen LogP contribution in [0.1, 0.15) is 18.6 Å². The van der Waals surface area contributed by atoms with Crippen molar-refractivity contribution in [3.63, 3.8) is 0 Å². The number of carbonyl (C=O) groups is 1. The predicted octanol–water partition coefficient (Wildman–Crippen LogP) is 1.85. The Kier molecular flexibility index (Phi) is 5.63. The fourth-order valence-electron chi connectivity index (χ4n) is 2.35. The molecule has 2 atom stereocenters. The molecule has 112 valence electrons. The second-order valence-corrected chi connectivity index (χ2v) is 5.44. The lowest BCUT2D eigenvalue weighted by atomic mass is 10.1. The number of carbonyl (C=O) groups excluding carboxylic acids is 1. The van der Waals surface area contributed by atoms with E-state index >= 15 is 0 Å². The SMILES string of the molecule is C#CCNC(=O)C(C)N1CCOC(c2ccc(Cl)cc2)C1. The zero-order valence-corrected chi connectivity index (χ0v) is 12.8. The maximum Gasteiger partial charge on any atom is 0.237 e.